The average molecular weight is 322 g/mol. The third-order valence-corrected chi connectivity index (χ3v) is 4.23. The lowest BCUT2D eigenvalue weighted by Crippen LogP contribution is -2.16. The van der Waals surface area contributed by atoms with Crippen molar-refractivity contribution in [2.45, 2.75) is 33.2 Å². The lowest BCUT2D eigenvalue weighted by molar-refractivity contribution is 0.498. The molecule has 0 aliphatic heterocycles. The molecule has 0 saturated carbocycles. The molecule has 0 saturated heterocycles. The standard InChI is InChI=1S/C15H20BrN3/c1-10(2)7-12(17)14-8-18-9-19(14)13-6-4-5-11(3)15(13)16/h4-6,8-10,12H,7,17H2,1-3H3. The highest BCUT2D eigenvalue weighted by Crippen LogP contribution is 2.28. The summed E-state index contributed by atoms with van der Waals surface area (Å²) in [5.41, 5.74) is 9.64. The van der Waals surface area contributed by atoms with E-state index in [-0.39, 0.29) is 6.04 Å². The highest BCUT2D eigenvalue weighted by atomic mass is 79.9. The number of halogens is 1. The lowest BCUT2D eigenvalue weighted by Gasteiger charge is -2.17. The van der Waals surface area contributed by atoms with Gasteiger partial charge < -0.3 is 10.3 Å². The van der Waals surface area contributed by atoms with Crippen molar-refractivity contribution in [2.24, 2.45) is 11.7 Å². The molecule has 2 N–H and O–H groups in total. The van der Waals surface area contributed by atoms with Gasteiger partial charge in [-0.15, -0.1) is 0 Å². The molecule has 3 nitrogen and oxygen atoms in total. The minimum Gasteiger partial charge on any atom is -0.323 e. The third-order valence-electron chi connectivity index (χ3n) is 3.20. The van der Waals surface area contributed by atoms with Crippen LogP contribution >= 0.6 is 15.9 Å². The van der Waals surface area contributed by atoms with E-state index in [0.29, 0.717) is 5.92 Å². The Morgan fingerprint density at radius 2 is 2.11 bits per heavy atom. The number of nitrogens with two attached hydrogens (primary N) is 1. The monoisotopic (exact) mass is 321 g/mol. The first-order valence-electron chi connectivity index (χ1n) is 6.54. The maximum Gasteiger partial charge on any atom is 0.0995 e. The smallest absolute Gasteiger partial charge is 0.0995 e. The quantitative estimate of drug-likeness (QED) is 0.925. The molecule has 0 radical (unpaired) electrons. The number of nitrogens with zero attached hydrogens (tertiary/aromatic N) is 2. The minimum absolute atomic E-state index is 0.00918. The van der Waals surface area contributed by atoms with Crippen molar-refractivity contribution in [2.75, 3.05) is 0 Å². The van der Waals surface area contributed by atoms with Crippen molar-refractivity contribution in [3.05, 3.63) is 46.5 Å². The van der Waals surface area contributed by atoms with E-state index in [2.05, 4.69) is 58.4 Å². The van der Waals surface area contributed by atoms with E-state index in [1.165, 1.54) is 5.56 Å². The highest BCUT2D eigenvalue weighted by molar-refractivity contribution is 9.10. The Morgan fingerprint density at radius 1 is 1.37 bits per heavy atom. The van der Waals surface area contributed by atoms with Crippen LogP contribution in [0.25, 0.3) is 5.69 Å². The van der Waals surface area contributed by atoms with Gasteiger partial charge >= 0.3 is 0 Å². The van der Waals surface area contributed by atoms with Crippen LogP contribution in [0.5, 0.6) is 0 Å². The van der Waals surface area contributed by atoms with Gasteiger partial charge in [0, 0.05) is 10.5 Å². The normalized spacial score (nSPS) is 12.9. The van der Waals surface area contributed by atoms with E-state index >= 15 is 0 Å². The zero-order chi connectivity index (χ0) is 14.0. The van der Waals surface area contributed by atoms with E-state index in [1.54, 1.807) is 0 Å². The second kappa shape index (κ2) is 5.88. The molecule has 2 aromatic rings. The average Bonchev–Trinajstić information content (AvgIpc) is 2.80. The lowest BCUT2D eigenvalue weighted by atomic mass is 10.0. The maximum absolute atomic E-state index is 6.29. The van der Waals surface area contributed by atoms with Crippen LogP contribution < -0.4 is 5.73 Å². The summed E-state index contributed by atoms with van der Waals surface area (Å²) in [6.45, 7) is 6.45. The van der Waals surface area contributed by atoms with Crippen LogP contribution in [-0.2, 0) is 0 Å². The number of imidazole rings is 1. The summed E-state index contributed by atoms with van der Waals surface area (Å²) < 4.78 is 3.16. The van der Waals surface area contributed by atoms with Crippen LogP contribution in [0.2, 0.25) is 0 Å². The molecule has 0 spiro atoms. The van der Waals surface area contributed by atoms with Crippen molar-refractivity contribution in [3.63, 3.8) is 0 Å². The van der Waals surface area contributed by atoms with Crippen molar-refractivity contribution in [3.8, 4) is 5.69 Å². The van der Waals surface area contributed by atoms with Gasteiger partial charge in [-0.05, 0) is 46.8 Å². The van der Waals surface area contributed by atoms with Gasteiger partial charge in [0.05, 0.1) is 23.9 Å². The SMILES string of the molecule is Cc1cccc(-n2cncc2C(N)CC(C)C)c1Br. The minimum atomic E-state index is 0.00918. The fourth-order valence-electron chi connectivity index (χ4n) is 2.23. The van der Waals surface area contributed by atoms with Crippen LogP contribution in [0.4, 0.5) is 0 Å². The molecule has 1 aromatic heterocycles. The molecular weight excluding hydrogens is 302 g/mol. The topological polar surface area (TPSA) is 43.8 Å². The summed E-state index contributed by atoms with van der Waals surface area (Å²) >= 11 is 3.65. The molecule has 0 bridgehead atoms. The van der Waals surface area contributed by atoms with E-state index in [1.807, 2.05) is 18.6 Å². The number of aromatic nitrogens is 2. The van der Waals surface area contributed by atoms with E-state index < -0.39 is 0 Å². The summed E-state index contributed by atoms with van der Waals surface area (Å²) in [4.78, 5) is 4.26. The molecule has 0 fully saturated rings. The van der Waals surface area contributed by atoms with Gasteiger partial charge in [0.25, 0.3) is 0 Å². The molecule has 2 rings (SSSR count). The zero-order valence-electron chi connectivity index (χ0n) is 11.6. The third kappa shape index (κ3) is 3.07. The predicted molar refractivity (Wildman–Crippen MR) is 82.4 cm³/mol. The van der Waals surface area contributed by atoms with Gasteiger partial charge in [-0.1, -0.05) is 26.0 Å². The fraction of sp³-hybridized carbons (Fsp3) is 0.400. The molecule has 0 aliphatic rings. The number of hydrogen-bond acceptors (Lipinski definition) is 2. The largest absolute Gasteiger partial charge is 0.323 e. The Labute approximate surface area is 123 Å². The molecule has 0 amide bonds. The van der Waals surface area contributed by atoms with Crippen LogP contribution in [0.1, 0.15) is 37.6 Å². The molecule has 1 unspecified atom stereocenters. The van der Waals surface area contributed by atoms with Gasteiger partial charge in [-0.3, -0.25) is 0 Å². The highest BCUT2D eigenvalue weighted by Gasteiger charge is 2.15. The molecule has 0 aliphatic carbocycles. The summed E-state index contributed by atoms with van der Waals surface area (Å²) in [6, 6.07) is 6.21. The van der Waals surface area contributed by atoms with Crippen molar-refractivity contribution >= 4 is 15.9 Å². The van der Waals surface area contributed by atoms with Crippen molar-refractivity contribution in [1.82, 2.24) is 9.55 Å². The molecule has 4 heteroatoms. The first-order valence-corrected chi connectivity index (χ1v) is 7.33. The van der Waals surface area contributed by atoms with Crippen LogP contribution in [-0.4, -0.2) is 9.55 Å². The zero-order valence-corrected chi connectivity index (χ0v) is 13.2. The van der Waals surface area contributed by atoms with Gasteiger partial charge in [-0.2, -0.15) is 0 Å². The van der Waals surface area contributed by atoms with Crippen LogP contribution in [0.3, 0.4) is 0 Å². The van der Waals surface area contributed by atoms with Gasteiger partial charge in [-0.25, -0.2) is 4.98 Å². The number of aryl methyl sites for hydroxylation is 1. The van der Waals surface area contributed by atoms with Crippen molar-refractivity contribution in [1.29, 1.82) is 0 Å². The molecular formula is C15H20BrN3. The Bertz CT molecular complexity index is 560. The van der Waals surface area contributed by atoms with Crippen LogP contribution in [0, 0.1) is 12.8 Å². The summed E-state index contributed by atoms with van der Waals surface area (Å²) in [5, 5.41) is 0. The Kier molecular flexibility index (Phi) is 4.42. The summed E-state index contributed by atoms with van der Waals surface area (Å²) in [6.07, 6.45) is 4.64. The predicted octanol–water partition coefficient (Wildman–Crippen LogP) is 3.99. The van der Waals surface area contributed by atoms with E-state index in [9.17, 15) is 0 Å². The molecule has 1 atom stereocenters. The Hall–Kier alpha value is -1.13. The summed E-state index contributed by atoms with van der Waals surface area (Å²) in [7, 11) is 0. The first-order chi connectivity index (χ1) is 9.00. The number of rotatable bonds is 4. The molecule has 1 aromatic carbocycles. The second-order valence-electron chi connectivity index (χ2n) is 5.33. The van der Waals surface area contributed by atoms with E-state index in [4.69, 9.17) is 5.73 Å². The molecule has 102 valence electrons. The first kappa shape index (κ1) is 14.3. The fourth-order valence-corrected chi connectivity index (χ4v) is 2.68. The van der Waals surface area contributed by atoms with E-state index in [0.717, 1.165) is 22.3 Å². The maximum atomic E-state index is 6.29. The molecule has 1 heterocycles. The van der Waals surface area contributed by atoms with Crippen LogP contribution in [0.15, 0.2) is 35.2 Å². The van der Waals surface area contributed by atoms with Gasteiger partial charge in [0.2, 0.25) is 0 Å². The Morgan fingerprint density at radius 3 is 2.79 bits per heavy atom. The summed E-state index contributed by atoms with van der Waals surface area (Å²) in [5.74, 6) is 0.569. The number of hydrogen-bond donors (Lipinski definition) is 1. The Balaban J connectivity index is 2.41. The molecule has 19 heavy (non-hydrogen) atoms. The number of benzene rings is 1. The van der Waals surface area contributed by atoms with Gasteiger partial charge in [0.15, 0.2) is 0 Å². The van der Waals surface area contributed by atoms with Gasteiger partial charge in [0.1, 0.15) is 0 Å². The van der Waals surface area contributed by atoms with Crippen molar-refractivity contribution < 1.29 is 0 Å². The second-order valence-corrected chi connectivity index (χ2v) is 6.13.